The minimum atomic E-state index is -3.59. The molecule has 1 aromatic rings. The van der Waals surface area contributed by atoms with Crippen molar-refractivity contribution in [2.45, 2.75) is 6.42 Å². The average Bonchev–Trinajstić information content (AvgIpc) is 2.56. The molecule has 8 nitrogen and oxygen atoms in total. The second-order valence-corrected chi connectivity index (χ2v) is 5.84. The van der Waals surface area contributed by atoms with Gasteiger partial charge in [0, 0.05) is 25.1 Å². The molecule has 4 N–H and O–H groups in total. The van der Waals surface area contributed by atoms with Gasteiger partial charge in [-0.2, -0.15) is 4.98 Å². The highest BCUT2D eigenvalue weighted by atomic mass is 32.2. The molecule has 0 radical (unpaired) electrons. The van der Waals surface area contributed by atoms with Crippen LogP contribution < -0.4 is 15.8 Å². The van der Waals surface area contributed by atoms with Crippen molar-refractivity contribution >= 4 is 27.7 Å². The summed E-state index contributed by atoms with van der Waals surface area (Å²) in [6.45, 7) is 0.235. The van der Waals surface area contributed by atoms with Gasteiger partial charge in [-0.25, -0.2) is 18.5 Å². The van der Waals surface area contributed by atoms with Gasteiger partial charge < -0.3 is 5.73 Å². The van der Waals surface area contributed by atoms with Crippen LogP contribution in [0.5, 0.6) is 0 Å². The lowest BCUT2D eigenvalue weighted by molar-refractivity contribution is -0.117. The van der Waals surface area contributed by atoms with E-state index in [2.05, 4.69) is 9.97 Å². The first-order chi connectivity index (χ1) is 8.35. The third-order valence-electron chi connectivity index (χ3n) is 2.58. The Bertz CT molecular complexity index is 573. The molecule has 1 saturated heterocycles. The Morgan fingerprint density at radius 3 is 2.83 bits per heavy atom. The van der Waals surface area contributed by atoms with Crippen molar-refractivity contribution in [3.8, 4) is 0 Å². The highest BCUT2D eigenvalue weighted by Gasteiger charge is 2.34. The summed E-state index contributed by atoms with van der Waals surface area (Å²) in [7, 11) is -3.59. The molecule has 1 aromatic heterocycles. The lowest BCUT2D eigenvalue weighted by Gasteiger charge is -2.14. The van der Waals surface area contributed by atoms with Crippen molar-refractivity contribution in [1.82, 2.24) is 9.97 Å². The molecule has 2 heterocycles. The number of anilines is 2. The van der Waals surface area contributed by atoms with Gasteiger partial charge in [0.15, 0.2) is 0 Å². The SMILES string of the molecule is Nc1ccnc(N2CC(CS(N)(=O)=O)CC2=O)n1. The fourth-order valence-corrected chi connectivity index (χ4v) is 2.79. The zero-order valence-corrected chi connectivity index (χ0v) is 10.3. The van der Waals surface area contributed by atoms with Crippen molar-refractivity contribution in [1.29, 1.82) is 0 Å². The van der Waals surface area contributed by atoms with Crippen LogP contribution in [-0.2, 0) is 14.8 Å². The van der Waals surface area contributed by atoms with E-state index in [1.165, 1.54) is 17.2 Å². The summed E-state index contributed by atoms with van der Waals surface area (Å²) in [6.07, 6.45) is 1.56. The van der Waals surface area contributed by atoms with Crippen LogP contribution in [0.1, 0.15) is 6.42 Å². The molecule has 1 unspecified atom stereocenters. The van der Waals surface area contributed by atoms with Crippen LogP contribution in [0.4, 0.5) is 11.8 Å². The minimum Gasteiger partial charge on any atom is -0.384 e. The number of nitrogens with two attached hydrogens (primary N) is 2. The van der Waals surface area contributed by atoms with Gasteiger partial charge in [0.25, 0.3) is 0 Å². The van der Waals surface area contributed by atoms with Crippen LogP contribution in [0.15, 0.2) is 12.3 Å². The van der Waals surface area contributed by atoms with E-state index in [-0.39, 0.29) is 42.3 Å². The van der Waals surface area contributed by atoms with Crippen LogP contribution in [0.3, 0.4) is 0 Å². The summed E-state index contributed by atoms with van der Waals surface area (Å²) in [4.78, 5) is 20.9. The Kier molecular flexibility index (Phi) is 3.18. The van der Waals surface area contributed by atoms with E-state index < -0.39 is 10.0 Å². The number of aromatic nitrogens is 2. The summed E-state index contributed by atoms with van der Waals surface area (Å²) in [5, 5.41) is 4.96. The smallest absolute Gasteiger partial charge is 0.234 e. The predicted molar refractivity (Wildman–Crippen MR) is 64.9 cm³/mol. The lowest BCUT2D eigenvalue weighted by atomic mass is 10.1. The minimum absolute atomic E-state index is 0.120. The highest BCUT2D eigenvalue weighted by molar-refractivity contribution is 7.89. The first-order valence-electron chi connectivity index (χ1n) is 5.24. The molecule has 1 aliphatic rings. The zero-order valence-electron chi connectivity index (χ0n) is 9.48. The van der Waals surface area contributed by atoms with Crippen LogP contribution in [0.25, 0.3) is 0 Å². The molecule has 18 heavy (non-hydrogen) atoms. The molecule has 0 aliphatic carbocycles. The van der Waals surface area contributed by atoms with Gasteiger partial charge in [-0.3, -0.25) is 9.69 Å². The highest BCUT2D eigenvalue weighted by Crippen LogP contribution is 2.23. The number of rotatable bonds is 3. The first kappa shape index (κ1) is 12.7. The molecule has 2 rings (SSSR count). The first-order valence-corrected chi connectivity index (χ1v) is 6.96. The van der Waals surface area contributed by atoms with E-state index in [0.717, 1.165) is 0 Å². The van der Waals surface area contributed by atoms with Crippen molar-refractivity contribution in [3.63, 3.8) is 0 Å². The maximum Gasteiger partial charge on any atom is 0.234 e. The van der Waals surface area contributed by atoms with Crippen LogP contribution >= 0.6 is 0 Å². The van der Waals surface area contributed by atoms with E-state index in [0.29, 0.717) is 0 Å². The topological polar surface area (TPSA) is 132 Å². The van der Waals surface area contributed by atoms with Gasteiger partial charge in [-0.05, 0) is 6.07 Å². The van der Waals surface area contributed by atoms with Crippen molar-refractivity contribution < 1.29 is 13.2 Å². The molecule has 1 aliphatic heterocycles. The number of carbonyl (C=O) groups excluding carboxylic acids is 1. The second-order valence-electron chi connectivity index (χ2n) is 4.19. The van der Waals surface area contributed by atoms with E-state index in [1.54, 1.807) is 0 Å². The molecular formula is C9H13N5O3S. The van der Waals surface area contributed by atoms with E-state index >= 15 is 0 Å². The van der Waals surface area contributed by atoms with Gasteiger partial charge in [0.2, 0.25) is 21.9 Å². The van der Waals surface area contributed by atoms with Crippen molar-refractivity contribution in [2.24, 2.45) is 11.1 Å². The number of hydrogen-bond acceptors (Lipinski definition) is 6. The maximum absolute atomic E-state index is 11.8. The van der Waals surface area contributed by atoms with E-state index in [9.17, 15) is 13.2 Å². The third kappa shape index (κ3) is 2.93. The van der Waals surface area contributed by atoms with Crippen molar-refractivity contribution in [3.05, 3.63) is 12.3 Å². The fourth-order valence-electron chi connectivity index (χ4n) is 1.91. The number of carbonyl (C=O) groups is 1. The fraction of sp³-hybridized carbons (Fsp3) is 0.444. The summed E-state index contributed by atoms with van der Waals surface area (Å²) >= 11 is 0. The summed E-state index contributed by atoms with van der Waals surface area (Å²) < 4.78 is 22.0. The molecule has 0 aromatic carbocycles. The molecule has 1 amide bonds. The largest absolute Gasteiger partial charge is 0.384 e. The molecule has 1 fully saturated rings. The van der Waals surface area contributed by atoms with Gasteiger partial charge >= 0.3 is 0 Å². The zero-order chi connectivity index (χ0) is 13.3. The molecular weight excluding hydrogens is 258 g/mol. The molecule has 9 heteroatoms. The Morgan fingerprint density at radius 1 is 1.50 bits per heavy atom. The lowest BCUT2D eigenvalue weighted by Crippen LogP contribution is -2.28. The number of hydrogen-bond donors (Lipinski definition) is 2. The van der Waals surface area contributed by atoms with Gasteiger partial charge in [0.05, 0.1) is 5.75 Å². The standard InChI is InChI=1S/C9H13N5O3S/c10-7-1-2-12-9(13-7)14-4-6(3-8(14)15)5-18(11,16)17/h1-2,6H,3-5H2,(H2,10,12,13)(H2,11,16,17). The Morgan fingerprint density at radius 2 is 2.22 bits per heavy atom. The Labute approximate surface area is 104 Å². The average molecular weight is 271 g/mol. The van der Waals surface area contributed by atoms with Gasteiger partial charge in [0.1, 0.15) is 5.82 Å². The monoisotopic (exact) mass is 271 g/mol. The summed E-state index contributed by atoms with van der Waals surface area (Å²) in [6, 6.07) is 1.51. The maximum atomic E-state index is 11.8. The van der Waals surface area contributed by atoms with Gasteiger partial charge in [-0.1, -0.05) is 0 Å². The number of nitrogens with zero attached hydrogens (tertiary/aromatic N) is 3. The van der Waals surface area contributed by atoms with Crippen LogP contribution in [0, 0.1) is 5.92 Å². The molecule has 1 atom stereocenters. The van der Waals surface area contributed by atoms with E-state index in [4.69, 9.17) is 10.9 Å². The predicted octanol–water partition coefficient (Wildman–Crippen LogP) is -1.30. The molecule has 0 bridgehead atoms. The van der Waals surface area contributed by atoms with Gasteiger partial charge in [-0.15, -0.1) is 0 Å². The third-order valence-corrected chi connectivity index (χ3v) is 3.51. The second kappa shape index (κ2) is 4.50. The Hall–Kier alpha value is -1.74. The quantitative estimate of drug-likeness (QED) is 0.702. The van der Waals surface area contributed by atoms with Crippen LogP contribution in [-0.4, -0.2) is 36.6 Å². The molecule has 0 saturated carbocycles. The number of amides is 1. The Balaban J connectivity index is 2.15. The summed E-state index contributed by atoms with van der Waals surface area (Å²) in [5.41, 5.74) is 5.50. The summed E-state index contributed by atoms with van der Waals surface area (Å²) in [5.74, 6) is -0.344. The molecule has 98 valence electrons. The number of sulfonamides is 1. The van der Waals surface area contributed by atoms with Crippen molar-refractivity contribution in [2.75, 3.05) is 22.9 Å². The van der Waals surface area contributed by atoms with Crippen LogP contribution in [0.2, 0.25) is 0 Å². The normalized spacial score (nSPS) is 20.4. The van der Waals surface area contributed by atoms with E-state index in [1.807, 2.05) is 0 Å². The number of nitrogen functional groups attached to an aromatic ring is 1. The number of primary sulfonamides is 1. The molecule has 0 spiro atoms.